The van der Waals surface area contributed by atoms with E-state index in [1.807, 2.05) is 0 Å². The Kier molecular flexibility index (Phi) is 6.75. The smallest absolute Gasteiger partial charge is 0.330 e. The minimum Gasteiger partial charge on any atom is -0.479 e. The Balaban J connectivity index is 1.97. The van der Waals surface area contributed by atoms with Crippen LogP contribution in [0.3, 0.4) is 0 Å². The van der Waals surface area contributed by atoms with E-state index >= 15 is 0 Å². The summed E-state index contributed by atoms with van der Waals surface area (Å²) in [6.45, 7) is -0.365. The van der Waals surface area contributed by atoms with Crippen molar-refractivity contribution in [3.8, 4) is 0 Å². The Morgan fingerprint density at radius 2 is 1.64 bits per heavy atom. The van der Waals surface area contributed by atoms with E-state index in [1.54, 1.807) is 0 Å². The number of sulfonamides is 1. The molecule has 0 aliphatic rings. The fraction of sp³-hybridized carbons (Fsp3) is 0.176. The van der Waals surface area contributed by atoms with Crippen LogP contribution in [-0.2, 0) is 19.6 Å². The third-order valence-electron chi connectivity index (χ3n) is 3.60. The Labute approximate surface area is 158 Å². The van der Waals surface area contributed by atoms with Crippen molar-refractivity contribution in [3.05, 3.63) is 65.5 Å². The van der Waals surface area contributed by atoms with E-state index in [0.29, 0.717) is 6.07 Å². The van der Waals surface area contributed by atoms with Crippen LogP contribution in [-0.4, -0.2) is 31.9 Å². The van der Waals surface area contributed by atoms with Gasteiger partial charge in [-0.25, -0.2) is 31.1 Å². The van der Waals surface area contributed by atoms with E-state index in [-0.39, 0.29) is 17.0 Å². The first-order valence-corrected chi connectivity index (χ1v) is 9.31. The molecule has 3 N–H and O–H groups in total. The first kappa shape index (κ1) is 21.4. The number of rotatable bonds is 8. The quantitative estimate of drug-likeness (QED) is 0.607. The number of carbonyl (C=O) groups excluding carboxylic acids is 1. The molecule has 7 nitrogen and oxygen atoms in total. The molecule has 0 heterocycles. The summed E-state index contributed by atoms with van der Waals surface area (Å²) < 4.78 is 65.2. The van der Waals surface area contributed by atoms with Crippen LogP contribution < -0.4 is 10.0 Å². The molecule has 0 saturated heterocycles. The largest absolute Gasteiger partial charge is 0.479 e. The molecule has 0 spiro atoms. The van der Waals surface area contributed by atoms with Gasteiger partial charge in [-0.15, -0.1) is 0 Å². The molecule has 1 atom stereocenters. The van der Waals surface area contributed by atoms with Gasteiger partial charge in [0.05, 0.1) is 4.90 Å². The fourth-order valence-corrected chi connectivity index (χ4v) is 3.24. The van der Waals surface area contributed by atoms with Gasteiger partial charge in [0.2, 0.25) is 15.9 Å². The second kappa shape index (κ2) is 8.85. The molecule has 1 unspecified atom stereocenters. The van der Waals surface area contributed by atoms with Crippen LogP contribution in [0.25, 0.3) is 0 Å². The highest BCUT2D eigenvalue weighted by Gasteiger charge is 2.23. The van der Waals surface area contributed by atoms with E-state index in [1.165, 1.54) is 0 Å². The van der Waals surface area contributed by atoms with Crippen molar-refractivity contribution < 1.29 is 36.3 Å². The number of carboxylic acid groups (broad SMARTS) is 1. The fourth-order valence-electron chi connectivity index (χ4n) is 2.21. The third-order valence-corrected chi connectivity index (χ3v) is 5.07. The number of carboxylic acids is 1. The maximum absolute atomic E-state index is 13.3. The molecule has 0 radical (unpaired) electrons. The van der Waals surface area contributed by atoms with E-state index in [9.17, 15) is 36.3 Å². The lowest BCUT2D eigenvalue weighted by Gasteiger charge is -2.15. The second-order valence-corrected chi connectivity index (χ2v) is 7.38. The third kappa shape index (κ3) is 5.54. The SMILES string of the molecule is O=C(CCNS(=O)(=O)c1ccc(F)cc1)NC(C(=O)O)c1ccc(F)c(F)c1. The summed E-state index contributed by atoms with van der Waals surface area (Å²) in [5, 5.41) is 11.3. The normalized spacial score (nSPS) is 12.4. The lowest BCUT2D eigenvalue weighted by molar-refractivity contribution is -0.142. The molecule has 1 amide bonds. The Morgan fingerprint density at radius 1 is 1.00 bits per heavy atom. The number of halogens is 3. The van der Waals surface area contributed by atoms with Crippen LogP contribution in [0.4, 0.5) is 13.2 Å². The van der Waals surface area contributed by atoms with Gasteiger partial charge in [0.1, 0.15) is 5.82 Å². The van der Waals surface area contributed by atoms with Gasteiger partial charge in [-0.1, -0.05) is 6.07 Å². The van der Waals surface area contributed by atoms with E-state index in [0.717, 1.165) is 36.4 Å². The highest BCUT2D eigenvalue weighted by Crippen LogP contribution is 2.17. The molecule has 11 heteroatoms. The van der Waals surface area contributed by atoms with Gasteiger partial charge in [-0.2, -0.15) is 0 Å². The first-order valence-electron chi connectivity index (χ1n) is 7.82. The van der Waals surface area contributed by atoms with E-state index < -0.39 is 51.8 Å². The summed E-state index contributed by atoms with van der Waals surface area (Å²) in [5.74, 6) is -5.40. The van der Waals surface area contributed by atoms with Gasteiger partial charge in [0, 0.05) is 13.0 Å². The number of carbonyl (C=O) groups is 2. The lowest BCUT2D eigenvalue weighted by atomic mass is 10.1. The molecule has 0 aromatic heterocycles. The van der Waals surface area contributed by atoms with Crippen molar-refractivity contribution in [1.29, 1.82) is 0 Å². The van der Waals surface area contributed by atoms with E-state index in [4.69, 9.17) is 0 Å². The Morgan fingerprint density at radius 3 is 2.21 bits per heavy atom. The summed E-state index contributed by atoms with van der Waals surface area (Å²) in [6, 6.07) is 4.74. The predicted octanol–water partition coefficient (Wildman–Crippen LogP) is 1.71. The number of aliphatic carboxylic acids is 1. The van der Waals surface area contributed by atoms with Crippen LogP contribution in [0, 0.1) is 17.5 Å². The van der Waals surface area contributed by atoms with Crippen LogP contribution in [0.15, 0.2) is 47.4 Å². The predicted molar refractivity (Wildman–Crippen MR) is 91.1 cm³/mol. The van der Waals surface area contributed by atoms with Crippen molar-refractivity contribution in [2.75, 3.05) is 6.54 Å². The molecule has 150 valence electrons. The standard InChI is InChI=1S/C17H15F3N2O5S/c18-11-2-4-12(5-3-11)28(26,27)21-8-7-15(23)22-16(17(24)25)10-1-6-13(19)14(20)9-10/h1-6,9,16,21H,7-8H2,(H,22,23)(H,24,25). The first-order chi connectivity index (χ1) is 13.1. The van der Waals surface area contributed by atoms with Crippen LogP contribution in [0.1, 0.15) is 18.0 Å². The van der Waals surface area contributed by atoms with Crippen LogP contribution >= 0.6 is 0 Å². The summed E-state index contributed by atoms with van der Waals surface area (Å²) in [7, 11) is -3.98. The zero-order valence-corrected chi connectivity index (χ0v) is 15.0. The minimum absolute atomic E-state index is 0.188. The number of amides is 1. The molecular weight excluding hydrogens is 401 g/mol. The van der Waals surface area contributed by atoms with Crippen molar-refractivity contribution in [1.82, 2.24) is 10.0 Å². The minimum atomic E-state index is -3.98. The summed E-state index contributed by atoms with van der Waals surface area (Å²) >= 11 is 0. The highest BCUT2D eigenvalue weighted by molar-refractivity contribution is 7.89. The molecular formula is C17H15F3N2O5S. The van der Waals surface area contributed by atoms with Crippen molar-refractivity contribution in [2.24, 2.45) is 0 Å². The molecule has 2 aromatic rings. The molecule has 0 aliphatic carbocycles. The topological polar surface area (TPSA) is 113 Å². The van der Waals surface area contributed by atoms with Crippen molar-refractivity contribution in [2.45, 2.75) is 17.4 Å². The summed E-state index contributed by atoms with van der Waals surface area (Å²) in [5.41, 5.74) is -0.188. The maximum Gasteiger partial charge on any atom is 0.330 e. The molecule has 0 aliphatic heterocycles. The molecule has 2 aromatic carbocycles. The molecule has 0 saturated carbocycles. The maximum atomic E-state index is 13.3. The van der Waals surface area contributed by atoms with Crippen LogP contribution in [0.2, 0.25) is 0 Å². The van der Waals surface area contributed by atoms with Gasteiger partial charge >= 0.3 is 5.97 Å². The zero-order chi connectivity index (χ0) is 20.9. The average Bonchev–Trinajstić information content (AvgIpc) is 2.62. The van der Waals surface area contributed by atoms with Crippen molar-refractivity contribution >= 4 is 21.9 Å². The molecule has 0 bridgehead atoms. The molecule has 0 fully saturated rings. The van der Waals surface area contributed by atoms with Gasteiger partial charge in [0.15, 0.2) is 17.7 Å². The number of hydrogen-bond acceptors (Lipinski definition) is 4. The Bertz CT molecular complexity index is 981. The number of benzene rings is 2. The van der Waals surface area contributed by atoms with E-state index in [2.05, 4.69) is 10.0 Å². The van der Waals surface area contributed by atoms with Gasteiger partial charge in [-0.05, 0) is 42.0 Å². The van der Waals surface area contributed by atoms with Gasteiger partial charge < -0.3 is 10.4 Å². The lowest BCUT2D eigenvalue weighted by Crippen LogP contribution is -2.36. The van der Waals surface area contributed by atoms with Gasteiger partial charge in [0.25, 0.3) is 0 Å². The highest BCUT2D eigenvalue weighted by atomic mass is 32.2. The Hall–Kier alpha value is -2.92. The monoisotopic (exact) mass is 416 g/mol. The summed E-state index contributed by atoms with van der Waals surface area (Å²) in [4.78, 5) is 23.0. The summed E-state index contributed by atoms with van der Waals surface area (Å²) in [6.07, 6.45) is -0.423. The molecule has 2 rings (SSSR count). The average molecular weight is 416 g/mol. The van der Waals surface area contributed by atoms with Crippen molar-refractivity contribution in [3.63, 3.8) is 0 Å². The second-order valence-electron chi connectivity index (χ2n) is 5.61. The zero-order valence-electron chi connectivity index (χ0n) is 14.2. The number of nitrogens with one attached hydrogen (secondary N) is 2. The van der Waals surface area contributed by atoms with Gasteiger partial charge in [-0.3, -0.25) is 4.79 Å². The number of hydrogen-bond donors (Lipinski definition) is 3. The van der Waals surface area contributed by atoms with Crippen LogP contribution in [0.5, 0.6) is 0 Å². The molecule has 28 heavy (non-hydrogen) atoms.